The largest absolute Gasteiger partial charge is 0.298 e. The maximum atomic E-state index is 12.0. The molecule has 0 saturated carbocycles. The lowest BCUT2D eigenvalue weighted by Gasteiger charge is -2.01. The Morgan fingerprint density at radius 3 is 2.70 bits per heavy atom. The summed E-state index contributed by atoms with van der Waals surface area (Å²) in [6.07, 6.45) is 0. The first kappa shape index (κ1) is 15.7. The van der Waals surface area contributed by atoms with Crippen LogP contribution in [-0.2, 0) is 9.05 Å². The lowest BCUT2D eigenvalue weighted by Crippen LogP contribution is -2.11. The van der Waals surface area contributed by atoms with E-state index in [-0.39, 0.29) is 20.9 Å². The van der Waals surface area contributed by atoms with Gasteiger partial charge >= 0.3 is 0 Å². The molecule has 2 aromatic rings. The van der Waals surface area contributed by atoms with Crippen LogP contribution in [-0.4, -0.2) is 19.3 Å². The van der Waals surface area contributed by atoms with E-state index in [1.165, 1.54) is 6.92 Å². The lowest BCUT2D eigenvalue weighted by molar-refractivity contribution is 0.102. The van der Waals surface area contributed by atoms with Gasteiger partial charge in [-0.15, -0.1) is 0 Å². The molecule has 1 amide bonds. The number of benzene rings is 1. The average molecular weight is 443 g/mol. The topological polar surface area (TPSA) is 76.1 Å². The molecule has 9 heteroatoms. The molecule has 1 N–H and O–H groups in total. The van der Waals surface area contributed by atoms with Gasteiger partial charge in [-0.1, -0.05) is 17.4 Å². The van der Waals surface area contributed by atoms with Crippen molar-refractivity contribution in [2.75, 3.05) is 5.32 Å². The number of hydrogen-bond donors (Lipinski definition) is 1. The van der Waals surface area contributed by atoms with Gasteiger partial charge in [-0.05, 0) is 47.7 Å². The van der Waals surface area contributed by atoms with Crippen LogP contribution < -0.4 is 5.32 Å². The average Bonchev–Trinajstić information content (AvgIpc) is 2.70. The number of carbonyl (C=O) groups excluding carboxylic acids is 1. The minimum Gasteiger partial charge on any atom is -0.298 e. The molecule has 1 heterocycles. The van der Waals surface area contributed by atoms with Crippen molar-refractivity contribution in [3.63, 3.8) is 0 Å². The molecule has 1 aromatic heterocycles. The fraction of sp³-hybridized carbons (Fsp3) is 0.0909. The number of carbonyl (C=O) groups is 1. The number of nitrogens with one attached hydrogen (secondary N) is 1. The zero-order chi connectivity index (χ0) is 14.9. The summed E-state index contributed by atoms with van der Waals surface area (Å²) >= 11 is 2.93. The number of halogens is 2. The van der Waals surface area contributed by atoms with Crippen LogP contribution in [0.1, 0.15) is 16.1 Å². The molecule has 106 valence electrons. The maximum Gasteiger partial charge on any atom is 0.272 e. The Hall–Kier alpha value is -0.710. The fourth-order valence-corrected chi connectivity index (χ4v) is 4.35. The molecule has 0 aliphatic rings. The van der Waals surface area contributed by atoms with Gasteiger partial charge in [0.1, 0.15) is 0 Å². The third kappa shape index (κ3) is 3.68. The van der Waals surface area contributed by atoms with Crippen LogP contribution in [0.3, 0.4) is 0 Å². The molecule has 0 radical (unpaired) electrons. The molecular weight excluding hydrogens is 435 g/mol. The molecule has 0 atom stereocenters. The Labute approximate surface area is 137 Å². The molecule has 2 rings (SSSR count). The van der Waals surface area contributed by atoms with E-state index in [1.807, 2.05) is 6.07 Å². The highest BCUT2D eigenvalue weighted by Gasteiger charge is 2.20. The molecule has 0 spiro atoms. The molecule has 0 bridgehead atoms. The van der Waals surface area contributed by atoms with Crippen molar-refractivity contribution in [1.82, 2.24) is 4.98 Å². The number of rotatable bonds is 3. The summed E-state index contributed by atoms with van der Waals surface area (Å²) in [5.41, 5.74) is 0.739. The van der Waals surface area contributed by atoms with Crippen molar-refractivity contribution in [2.45, 2.75) is 11.1 Å². The highest BCUT2D eigenvalue weighted by atomic mass is 127. The minimum absolute atomic E-state index is 0.0582. The second-order valence-corrected chi connectivity index (χ2v) is 8.80. The van der Waals surface area contributed by atoms with Crippen molar-refractivity contribution in [3.05, 3.63) is 39.1 Å². The second-order valence-electron chi connectivity index (χ2n) is 3.79. The zero-order valence-electron chi connectivity index (χ0n) is 10.1. The summed E-state index contributed by atoms with van der Waals surface area (Å²) in [5, 5.41) is 2.76. The molecule has 0 aliphatic carbocycles. The predicted octanol–water partition coefficient (Wildman–Crippen LogP) is 3.24. The zero-order valence-corrected chi connectivity index (χ0v) is 14.6. The van der Waals surface area contributed by atoms with E-state index in [9.17, 15) is 13.2 Å². The minimum atomic E-state index is -3.84. The summed E-state index contributed by atoms with van der Waals surface area (Å²) in [5.74, 6) is -0.351. The van der Waals surface area contributed by atoms with Gasteiger partial charge in [-0.25, -0.2) is 13.4 Å². The Bertz CT molecular complexity index is 774. The quantitative estimate of drug-likeness (QED) is 0.585. The van der Waals surface area contributed by atoms with Crippen LogP contribution in [0.5, 0.6) is 0 Å². The predicted molar refractivity (Wildman–Crippen MR) is 87.0 cm³/mol. The first-order valence-corrected chi connectivity index (χ1v) is 9.47. The summed E-state index contributed by atoms with van der Waals surface area (Å²) < 4.78 is 23.4. The van der Waals surface area contributed by atoms with E-state index in [4.69, 9.17) is 10.7 Å². The summed E-state index contributed by atoms with van der Waals surface area (Å²) in [7, 11) is 1.44. The van der Waals surface area contributed by atoms with E-state index >= 15 is 0 Å². The van der Waals surface area contributed by atoms with Gasteiger partial charge in [0.05, 0.1) is 5.69 Å². The third-order valence-electron chi connectivity index (χ3n) is 2.28. The SMILES string of the molecule is Cc1nc(NC(=O)c2cccc(I)c2)sc1S(=O)(=O)Cl. The monoisotopic (exact) mass is 442 g/mol. The van der Waals surface area contributed by atoms with Crippen LogP contribution in [0.25, 0.3) is 0 Å². The molecule has 20 heavy (non-hydrogen) atoms. The van der Waals surface area contributed by atoms with Crippen LogP contribution >= 0.6 is 44.6 Å². The van der Waals surface area contributed by atoms with Gasteiger partial charge in [0.2, 0.25) is 0 Å². The molecule has 0 saturated heterocycles. The van der Waals surface area contributed by atoms with E-state index in [0.29, 0.717) is 5.56 Å². The van der Waals surface area contributed by atoms with Crippen LogP contribution in [0.4, 0.5) is 5.13 Å². The molecule has 1 aromatic carbocycles. The van der Waals surface area contributed by atoms with Crippen LogP contribution in [0.15, 0.2) is 28.5 Å². The fourth-order valence-electron chi connectivity index (χ4n) is 1.46. The summed E-state index contributed by atoms with van der Waals surface area (Å²) in [6, 6.07) is 7.01. The Balaban J connectivity index is 2.25. The molecular formula is C11H8ClIN2O3S2. The van der Waals surface area contributed by atoms with Gasteiger partial charge in [-0.3, -0.25) is 10.1 Å². The Morgan fingerprint density at radius 2 is 2.15 bits per heavy atom. The number of hydrogen-bond acceptors (Lipinski definition) is 5. The van der Waals surface area contributed by atoms with Gasteiger partial charge in [0, 0.05) is 19.8 Å². The van der Waals surface area contributed by atoms with Gasteiger partial charge in [-0.2, -0.15) is 0 Å². The van der Waals surface area contributed by atoms with Gasteiger partial charge in [0.15, 0.2) is 9.34 Å². The van der Waals surface area contributed by atoms with Crippen molar-refractivity contribution in [1.29, 1.82) is 0 Å². The number of aromatic nitrogens is 1. The van der Waals surface area contributed by atoms with Gasteiger partial charge < -0.3 is 0 Å². The van der Waals surface area contributed by atoms with Crippen molar-refractivity contribution < 1.29 is 13.2 Å². The lowest BCUT2D eigenvalue weighted by atomic mass is 10.2. The standard InChI is InChI=1S/C11H8ClIN2O3S2/c1-6-10(20(12,17)18)19-11(14-6)15-9(16)7-3-2-4-8(13)5-7/h2-5H,1H3,(H,14,15,16). The normalized spacial score (nSPS) is 11.3. The van der Waals surface area contributed by atoms with Crippen LogP contribution in [0.2, 0.25) is 0 Å². The van der Waals surface area contributed by atoms with E-state index in [1.54, 1.807) is 18.2 Å². The summed E-state index contributed by atoms with van der Waals surface area (Å²) in [6.45, 7) is 1.52. The molecule has 0 unspecified atom stereocenters. The smallest absolute Gasteiger partial charge is 0.272 e. The third-order valence-corrected chi connectivity index (χ3v) is 6.21. The molecule has 0 fully saturated rings. The highest BCUT2D eigenvalue weighted by molar-refractivity contribution is 14.1. The van der Waals surface area contributed by atoms with E-state index in [0.717, 1.165) is 14.9 Å². The van der Waals surface area contributed by atoms with Crippen molar-refractivity contribution >= 4 is 64.7 Å². The molecule has 0 aliphatic heterocycles. The number of aryl methyl sites for hydroxylation is 1. The summed E-state index contributed by atoms with van der Waals surface area (Å²) in [4.78, 5) is 16.0. The number of amides is 1. The first-order valence-electron chi connectivity index (χ1n) is 5.26. The highest BCUT2D eigenvalue weighted by Crippen LogP contribution is 2.29. The number of anilines is 1. The second kappa shape index (κ2) is 5.96. The Kier molecular flexibility index (Phi) is 4.67. The van der Waals surface area contributed by atoms with Crippen molar-refractivity contribution in [2.24, 2.45) is 0 Å². The van der Waals surface area contributed by atoms with Crippen molar-refractivity contribution in [3.8, 4) is 0 Å². The van der Waals surface area contributed by atoms with E-state index < -0.39 is 9.05 Å². The first-order chi connectivity index (χ1) is 9.27. The van der Waals surface area contributed by atoms with Gasteiger partial charge in [0.25, 0.3) is 15.0 Å². The van der Waals surface area contributed by atoms with E-state index in [2.05, 4.69) is 32.9 Å². The maximum absolute atomic E-state index is 12.0. The number of nitrogens with zero attached hydrogens (tertiary/aromatic N) is 1. The Morgan fingerprint density at radius 1 is 1.45 bits per heavy atom. The van der Waals surface area contributed by atoms with Crippen LogP contribution in [0, 0.1) is 10.5 Å². The molecule has 5 nitrogen and oxygen atoms in total. The number of thiazole rings is 1.